The maximum atomic E-state index is 13.6. The van der Waals surface area contributed by atoms with Crippen LogP contribution in [0.1, 0.15) is 29.3 Å². The van der Waals surface area contributed by atoms with Crippen molar-refractivity contribution in [3.05, 3.63) is 52.6 Å². The lowest BCUT2D eigenvalue weighted by Crippen LogP contribution is -2.03. The van der Waals surface area contributed by atoms with E-state index in [0.29, 0.717) is 5.56 Å². The Bertz CT molecular complexity index is 580. The quantitative estimate of drug-likeness (QED) is 0.796. The Morgan fingerprint density at radius 1 is 1.50 bits per heavy atom. The van der Waals surface area contributed by atoms with Gasteiger partial charge in [-0.05, 0) is 24.6 Å². The molecule has 0 aliphatic carbocycles. The highest BCUT2D eigenvalue weighted by atomic mass is 35.5. The Morgan fingerprint density at radius 3 is 2.94 bits per heavy atom. The van der Waals surface area contributed by atoms with Gasteiger partial charge >= 0.3 is 0 Å². The van der Waals surface area contributed by atoms with Gasteiger partial charge in [0.1, 0.15) is 5.82 Å². The zero-order chi connectivity index (χ0) is 13.1. The molecule has 0 saturated heterocycles. The van der Waals surface area contributed by atoms with Crippen LogP contribution in [0.3, 0.4) is 0 Å². The average Bonchev–Trinajstić information content (AvgIpc) is 2.77. The molecule has 0 spiro atoms. The number of rotatable bonds is 4. The fraction of sp³-hybridized carbons (Fsp3) is 0.231. The Balaban J connectivity index is 2.29. The third kappa shape index (κ3) is 2.59. The first-order valence-electron chi connectivity index (χ1n) is 5.64. The molecule has 1 aromatic carbocycles. The predicted molar refractivity (Wildman–Crippen MR) is 67.4 cm³/mol. The van der Waals surface area contributed by atoms with Gasteiger partial charge in [-0.3, -0.25) is 9.48 Å². The molecule has 3 nitrogen and oxygen atoms in total. The van der Waals surface area contributed by atoms with Crippen molar-refractivity contribution < 1.29 is 9.18 Å². The van der Waals surface area contributed by atoms with Crippen molar-refractivity contribution in [3.8, 4) is 0 Å². The second-order valence-corrected chi connectivity index (χ2v) is 4.38. The molecule has 5 heteroatoms. The van der Waals surface area contributed by atoms with Crippen molar-refractivity contribution in [3.63, 3.8) is 0 Å². The van der Waals surface area contributed by atoms with Crippen LogP contribution in [0.15, 0.2) is 30.6 Å². The molecule has 0 aliphatic heterocycles. The average molecular weight is 267 g/mol. The maximum Gasteiger partial charge on any atom is 0.199 e. The third-order valence-electron chi connectivity index (χ3n) is 2.52. The van der Waals surface area contributed by atoms with Gasteiger partial charge in [0.2, 0.25) is 0 Å². The minimum atomic E-state index is -0.615. The molecule has 1 heterocycles. The summed E-state index contributed by atoms with van der Waals surface area (Å²) in [6.07, 6.45) is 4.00. The summed E-state index contributed by atoms with van der Waals surface area (Å²) >= 11 is 5.65. The first-order valence-corrected chi connectivity index (χ1v) is 6.02. The van der Waals surface area contributed by atoms with Crippen LogP contribution < -0.4 is 0 Å². The van der Waals surface area contributed by atoms with Crippen molar-refractivity contribution in [1.82, 2.24) is 9.78 Å². The minimum Gasteiger partial charge on any atom is -0.288 e. The van der Waals surface area contributed by atoms with E-state index < -0.39 is 5.82 Å². The maximum absolute atomic E-state index is 13.6. The number of hydrogen-bond acceptors (Lipinski definition) is 2. The van der Waals surface area contributed by atoms with E-state index in [1.54, 1.807) is 10.9 Å². The Labute approximate surface area is 109 Å². The van der Waals surface area contributed by atoms with Gasteiger partial charge in [-0.1, -0.05) is 18.5 Å². The standard InChI is InChI=1S/C13H12ClFN2O/c1-2-5-17-8-9(7-16-17)13(18)11-4-3-10(14)6-12(11)15/h3-4,6-8H,2,5H2,1H3. The van der Waals surface area contributed by atoms with Gasteiger partial charge in [-0.25, -0.2) is 4.39 Å². The van der Waals surface area contributed by atoms with E-state index in [0.717, 1.165) is 19.0 Å². The third-order valence-corrected chi connectivity index (χ3v) is 2.76. The molecule has 0 saturated carbocycles. The number of nitrogens with zero attached hydrogens (tertiary/aromatic N) is 2. The van der Waals surface area contributed by atoms with Crippen LogP contribution in [0.4, 0.5) is 4.39 Å². The zero-order valence-corrected chi connectivity index (χ0v) is 10.6. The molecule has 1 aromatic heterocycles. The highest BCUT2D eigenvalue weighted by Crippen LogP contribution is 2.17. The van der Waals surface area contributed by atoms with Crippen molar-refractivity contribution >= 4 is 17.4 Å². The molecule has 0 aliphatic rings. The van der Waals surface area contributed by atoms with E-state index in [1.165, 1.54) is 18.3 Å². The lowest BCUT2D eigenvalue weighted by Gasteiger charge is -2.00. The highest BCUT2D eigenvalue weighted by molar-refractivity contribution is 6.30. The number of carbonyl (C=O) groups is 1. The van der Waals surface area contributed by atoms with Crippen LogP contribution in [0.5, 0.6) is 0 Å². The first kappa shape index (κ1) is 12.8. The van der Waals surface area contributed by atoms with E-state index in [9.17, 15) is 9.18 Å². The summed E-state index contributed by atoms with van der Waals surface area (Å²) in [7, 11) is 0. The van der Waals surface area contributed by atoms with Crippen LogP contribution in [-0.2, 0) is 6.54 Å². The number of halogens is 2. The summed E-state index contributed by atoms with van der Waals surface area (Å²) in [6, 6.07) is 4.01. The van der Waals surface area contributed by atoms with E-state index in [1.807, 2.05) is 6.92 Å². The molecular weight excluding hydrogens is 255 g/mol. The topological polar surface area (TPSA) is 34.9 Å². The number of carbonyl (C=O) groups excluding carboxylic acids is 1. The van der Waals surface area contributed by atoms with Gasteiger partial charge in [0, 0.05) is 17.8 Å². The van der Waals surface area contributed by atoms with Crippen LogP contribution in [0, 0.1) is 5.82 Å². The van der Waals surface area contributed by atoms with Gasteiger partial charge < -0.3 is 0 Å². The summed E-state index contributed by atoms with van der Waals surface area (Å²) in [5.74, 6) is -0.998. The largest absolute Gasteiger partial charge is 0.288 e. The molecule has 2 rings (SSSR count). The summed E-state index contributed by atoms with van der Waals surface area (Å²) < 4.78 is 15.3. The second-order valence-electron chi connectivity index (χ2n) is 3.95. The lowest BCUT2D eigenvalue weighted by atomic mass is 10.1. The number of benzene rings is 1. The van der Waals surface area contributed by atoms with E-state index in [-0.39, 0.29) is 16.4 Å². The molecule has 0 N–H and O–H groups in total. The number of aryl methyl sites for hydroxylation is 1. The van der Waals surface area contributed by atoms with Crippen molar-refractivity contribution in [1.29, 1.82) is 0 Å². The monoisotopic (exact) mass is 266 g/mol. The van der Waals surface area contributed by atoms with Crippen LogP contribution in [-0.4, -0.2) is 15.6 Å². The lowest BCUT2D eigenvalue weighted by molar-refractivity contribution is 0.103. The van der Waals surface area contributed by atoms with E-state index >= 15 is 0 Å². The normalized spacial score (nSPS) is 10.6. The second kappa shape index (κ2) is 5.31. The van der Waals surface area contributed by atoms with Crippen molar-refractivity contribution in [2.75, 3.05) is 0 Å². The Kier molecular flexibility index (Phi) is 3.77. The molecule has 0 unspecified atom stereocenters. The molecule has 0 bridgehead atoms. The van der Waals surface area contributed by atoms with Gasteiger partial charge in [0.25, 0.3) is 0 Å². The van der Waals surface area contributed by atoms with Gasteiger partial charge in [-0.15, -0.1) is 0 Å². The van der Waals surface area contributed by atoms with Crippen molar-refractivity contribution in [2.24, 2.45) is 0 Å². The Hall–Kier alpha value is -1.68. The fourth-order valence-corrected chi connectivity index (χ4v) is 1.82. The fourth-order valence-electron chi connectivity index (χ4n) is 1.66. The molecular formula is C13H12ClFN2O. The number of aromatic nitrogens is 2. The molecule has 2 aromatic rings. The number of hydrogen-bond donors (Lipinski definition) is 0. The summed E-state index contributed by atoms with van der Waals surface area (Å²) in [6.45, 7) is 2.75. The molecule has 0 fully saturated rings. The summed E-state index contributed by atoms with van der Waals surface area (Å²) in [4.78, 5) is 12.1. The number of ketones is 1. The van der Waals surface area contributed by atoms with Crippen LogP contribution in [0.25, 0.3) is 0 Å². The van der Waals surface area contributed by atoms with E-state index in [4.69, 9.17) is 11.6 Å². The highest BCUT2D eigenvalue weighted by Gasteiger charge is 2.15. The smallest absolute Gasteiger partial charge is 0.199 e. The molecule has 0 amide bonds. The Morgan fingerprint density at radius 2 is 2.28 bits per heavy atom. The van der Waals surface area contributed by atoms with Crippen LogP contribution in [0.2, 0.25) is 5.02 Å². The first-order chi connectivity index (χ1) is 8.61. The van der Waals surface area contributed by atoms with Crippen LogP contribution >= 0.6 is 11.6 Å². The van der Waals surface area contributed by atoms with Gasteiger partial charge in [0.15, 0.2) is 5.78 Å². The molecule has 94 valence electrons. The summed E-state index contributed by atoms with van der Waals surface area (Å²) in [5.41, 5.74) is 0.389. The zero-order valence-electron chi connectivity index (χ0n) is 9.86. The van der Waals surface area contributed by atoms with Gasteiger partial charge in [0.05, 0.1) is 17.3 Å². The summed E-state index contributed by atoms with van der Waals surface area (Å²) in [5, 5.41) is 4.32. The molecule has 0 radical (unpaired) electrons. The molecule has 0 atom stereocenters. The van der Waals surface area contributed by atoms with E-state index in [2.05, 4.69) is 5.10 Å². The predicted octanol–water partition coefficient (Wildman–Crippen LogP) is 3.32. The van der Waals surface area contributed by atoms with Gasteiger partial charge in [-0.2, -0.15) is 5.10 Å². The SMILES string of the molecule is CCCn1cc(C(=O)c2ccc(Cl)cc2F)cn1. The minimum absolute atomic E-state index is 0.00967. The van der Waals surface area contributed by atoms with Crippen molar-refractivity contribution in [2.45, 2.75) is 19.9 Å². The molecule has 18 heavy (non-hydrogen) atoms.